The highest BCUT2D eigenvalue weighted by molar-refractivity contribution is 9.10. The van der Waals surface area contributed by atoms with Gasteiger partial charge in [0.05, 0.1) is 0 Å². The van der Waals surface area contributed by atoms with Crippen molar-refractivity contribution in [3.05, 3.63) is 63.6 Å². The Bertz CT molecular complexity index is 845. The zero-order valence-corrected chi connectivity index (χ0v) is 18.4. The van der Waals surface area contributed by atoms with Gasteiger partial charge in [0.1, 0.15) is 0 Å². The second-order valence-corrected chi connectivity index (χ2v) is 8.92. The van der Waals surface area contributed by atoms with Gasteiger partial charge in [0.25, 0.3) is 5.91 Å². The number of hydrogen-bond donors (Lipinski definition) is 0. The number of rotatable bonds is 6. The van der Waals surface area contributed by atoms with Gasteiger partial charge in [0.15, 0.2) is 0 Å². The Kier molecular flexibility index (Phi) is 5.88. The van der Waals surface area contributed by atoms with E-state index in [1.54, 1.807) is 0 Å². The number of amides is 1. The summed E-state index contributed by atoms with van der Waals surface area (Å²) in [5.74, 6) is 0.556. The van der Waals surface area contributed by atoms with E-state index in [0.717, 1.165) is 43.7 Å². The third-order valence-electron chi connectivity index (χ3n) is 6.18. The molecule has 28 heavy (non-hydrogen) atoms. The number of benzene rings is 2. The van der Waals surface area contributed by atoms with Gasteiger partial charge in [0, 0.05) is 34.2 Å². The molecule has 0 spiro atoms. The summed E-state index contributed by atoms with van der Waals surface area (Å²) < 4.78 is 1.20. The lowest BCUT2D eigenvalue weighted by molar-refractivity contribution is 0.0986. The van der Waals surface area contributed by atoms with Crippen molar-refractivity contribution in [3.63, 3.8) is 0 Å². The molecular formula is C24H29BrN2O. The normalized spacial score (nSPS) is 20.5. The van der Waals surface area contributed by atoms with Crippen molar-refractivity contribution < 1.29 is 4.79 Å². The summed E-state index contributed by atoms with van der Waals surface area (Å²) in [7, 11) is 0. The molecule has 2 aliphatic rings. The van der Waals surface area contributed by atoms with Gasteiger partial charge in [-0.05, 0) is 74.2 Å². The lowest BCUT2D eigenvalue weighted by Gasteiger charge is -2.37. The minimum Gasteiger partial charge on any atom is -0.307 e. The van der Waals surface area contributed by atoms with Crippen molar-refractivity contribution in [2.45, 2.75) is 51.5 Å². The van der Waals surface area contributed by atoms with Crippen molar-refractivity contribution in [2.75, 3.05) is 24.5 Å². The van der Waals surface area contributed by atoms with Crippen LogP contribution < -0.4 is 4.90 Å². The van der Waals surface area contributed by atoms with E-state index in [4.69, 9.17) is 0 Å². The molecule has 0 bridgehead atoms. The highest BCUT2D eigenvalue weighted by Gasteiger charge is 2.40. The molecule has 0 N–H and O–H groups in total. The second-order valence-electron chi connectivity index (χ2n) is 8.07. The van der Waals surface area contributed by atoms with Gasteiger partial charge in [-0.25, -0.2) is 0 Å². The Morgan fingerprint density at radius 1 is 1.11 bits per heavy atom. The molecule has 4 rings (SSSR count). The standard InChI is InChI=1S/C24H29BrN2O/c1-3-12-26(13-4-2)19-14-18-16-27(24(28)17-8-6-5-7-9-17)22-11-10-21(25)20(15-19)23(18)22/h5-11,18-19H,3-4,12-16H2,1-2H3/t18-,19-/m0/s1. The van der Waals surface area contributed by atoms with Gasteiger partial charge in [-0.1, -0.05) is 48.0 Å². The molecule has 1 heterocycles. The Balaban J connectivity index is 1.67. The van der Waals surface area contributed by atoms with Crippen LogP contribution in [-0.4, -0.2) is 36.5 Å². The Morgan fingerprint density at radius 3 is 2.50 bits per heavy atom. The van der Waals surface area contributed by atoms with Crippen molar-refractivity contribution in [3.8, 4) is 0 Å². The van der Waals surface area contributed by atoms with E-state index in [9.17, 15) is 4.79 Å². The largest absolute Gasteiger partial charge is 0.307 e. The smallest absolute Gasteiger partial charge is 0.258 e. The number of carbonyl (C=O) groups is 1. The lowest BCUT2D eigenvalue weighted by atomic mass is 9.80. The van der Waals surface area contributed by atoms with E-state index in [2.05, 4.69) is 46.8 Å². The Labute approximate surface area is 176 Å². The number of anilines is 1. The molecule has 0 radical (unpaired) electrons. The van der Waals surface area contributed by atoms with Crippen molar-refractivity contribution >= 4 is 27.5 Å². The number of halogens is 1. The molecule has 1 amide bonds. The molecule has 2 aromatic rings. The predicted octanol–water partition coefficient (Wildman–Crippen LogP) is 5.63. The predicted molar refractivity (Wildman–Crippen MR) is 119 cm³/mol. The number of carbonyl (C=O) groups excluding carboxylic acids is 1. The van der Waals surface area contributed by atoms with Crippen molar-refractivity contribution in [2.24, 2.45) is 0 Å². The average molecular weight is 441 g/mol. The first kappa shape index (κ1) is 19.7. The summed E-state index contributed by atoms with van der Waals surface area (Å²) in [6.07, 6.45) is 4.60. The van der Waals surface area contributed by atoms with Crippen LogP contribution in [0.25, 0.3) is 0 Å². The molecule has 0 fully saturated rings. The first-order valence-electron chi connectivity index (χ1n) is 10.6. The van der Waals surface area contributed by atoms with Crippen LogP contribution in [0.15, 0.2) is 46.9 Å². The van der Waals surface area contributed by atoms with E-state index < -0.39 is 0 Å². The maximum atomic E-state index is 13.2. The summed E-state index contributed by atoms with van der Waals surface area (Å²) >= 11 is 3.81. The number of nitrogens with zero attached hydrogens (tertiary/aromatic N) is 2. The van der Waals surface area contributed by atoms with Gasteiger partial charge in [0.2, 0.25) is 0 Å². The fourth-order valence-corrected chi connectivity index (χ4v) is 5.54. The van der Waals surface area contributed by atoms with Crippen LogP contribution in [0.4, 0.5) is 5.69 Å². The van der Waals surface area contributed by atoms with Crippen LogP contribution in [0.2, 0.25) is 0 Å². The molecule has 2 atom stereocenters. The Hall–Kier alpha value is -1.65. The monoisotopic (exact) mass is 440 g/mol. The van der Waals surface area contributed by atoms with Gasteiger partial charge in [-0.2, -0.15) is 0 Å². The zero-order valence-electron chi connectivity index (χ0n) is 16.8. The summed E-state index contributed by atoms with van der Waals surface area (Å²) in [5, 5.41) is 0. The first-order valence-corrected chi connectivity index (χ1v) is 11.4. The fraction of sp³-hybridized carbons (Fsp3) is 0.458. The van der Waals surface area contributed by atoms with Crippen LogP contribution >= 0.6 is 15.9 Å². The van der Waals surface area contributed by atoms with Gasteiger partial charge < -0.3 is 9.80 Å². The molecule has 3 nitrogen and oxygen atoms in total. The summed E-state index contributed by atoms with van der Waals surface area (Å²) in [5.41, 5.74) is 4.71. The molecule has 2 aromatic carbocycles. The molecule has 148 valence electrons. The van der Waals surface area contributed by atoms with Gasteiger partial charge >= 0.3 is 0 Å². The summed E-state index contributed by atoms with van der Waals surface area (Å²) in [4.78, 5) is 17.9. The zero-order chi connectivity index (χ0) is 19.7. The summed E-state index contributed by atoms with van der Waals surface area (Å²) in [6.45, 7) is 7.65. The topological polar surface area (TPSA) is 23.6 Å². The molecule has 0 saturated heterocycles. The third kappa shape index (κ3) is 3.53. The van der Waals surface area contributed by atoms with E-state index >= 15 is 0 Å². The van der Waals surface area contributed by atoms with Crippen LogP contribution in [0, 0.1) is 0 Å². The quantitative estimate of drug-likeness (QED) is 0.580. The SMILES string of the molecule is CCCN(CCC)[C@@H]1Cc2c(Br)ccc3c2[C@@H](C1)CN3C(=O)c1ccccc1. The lowest BCUT2D eigenvalue weighted by Crippen LogP contribution is -2.41. The van der Waals surface area contributed by atoms with Crippen LogP contribution in [-0.2, 0) is 6.42 Å². The summed E-state index contributed by atoms with van der Waals surface area (Å²) in [6, 6.07) is 14.5. The van der Waals surface area contributed by atoms with Crippen LogP contribution in [0.5, 0.6) is 0 Å². The molecule has 1 aliphatic heterocycles. The molecule has 4 heteroatoms. The first-order chi connectivity index (χ1) is 13.6. The molecular weight excluding hydrogens is 412 g/mol. The fourth-order valence-electron chi connectivity index (χ4n) is 5.03. The maximum absolute atomic E-state index is 13.2. The third-order valence-corrected chi connectivity index (χ3v) is 6.92. The van der Waals surface area contributed by atoms with E-state index in [1.807, 2.05) is 35.2 Å². The van der Waals surface area contributed by atoms with Crippen molar-refractivity contribution in [1.82, 2.24) is 4.90 Å². The minimum atomic E-state index is 0.120. The Morgan fingerprint density at radius 2 is 1.82 bits per heavy atom. The molecule has 0 unspecified atom stereocenters. The van der Waals surface area contributed by atoms with Crippen LogP contribution in [0.3, 0.4) is 0 Å². The minimum absolute atomic E-state index is 0.120. The molecule has 0 aromatic heterocycles. The second kappa shape index (κ2) is 8.38. The average Bonchev–Trinajstić information content (AvgIpc) is 3.09. The van der Waals surface area contributed by atoms with E-state index in [0.29, 0.717) is 12.0 Å². The van der Waals surface area contributed by atoms with E-state index in [1.165, 1.54) is 28.4 Å². The molecule has 0 saturated carbocycles. The maximum Gasteiger partial charge on any atom is 0.258 e. The number of hydrogen-bond acceptors (Lipinski definition) is 2. The van der Waals surface area contributed by atoms with Crippen molar-refractivity contribution in [1.29, 1.82) is 0 Å². The highest BCUT2D eigenvalue weighted by atomic mass is 79.9. The van der Waals surface area contributed by atoms with Crippen LogP contribution in [0.1, 0.15) is 60.5 Å². The van der Waals surface area contributed by atoms with Gasteiger partial charge in [-0.3, -0.25) is 4.79 Å². The molecule has 1 aliphatic carbocycles. The van der Waals surface area contributed by atoms with Gasteiger partial charge in [-0.15, -0.1) is 0 Å². The highest BCUT2D eigenvalue weighted by Crippen LogP contribution is 2.48. The van der Waals surface area contributed by atoms with E-state index in [-0.39, 0.29) is 5.91 Å².